The lowest BCUT2D eigenvalue weighted by atomic mass is 9.80. The van der Waals surface area contributed by atoms with Crippen LogP contribution in [0, 0.1) is 11.8 Å². The molecule has 6 rings (SSSR count). The lowest BCUT2D eigenvalue weighted by molar-refractivity contribution is -0.276. The minimum Gasteiger partial charge on any atom is -0.372 e. The maximum absolute atomic E-state index is 14.9. The molecule has 2 aromatic carbocycles. The minimum absolute atomic E-state index is 0.0990. The number of amides is 1. The van der Waals surface area contributed by atoms with Crippen LogP contribution >= 0.6 is 11.6 Å². The summed E-state index contributed by atoms with van der Waals surface area (Å²) in [6, 6.07) is 13.9. The first-order valence-electron chi connectivity index (χ1n) is 15.6. The van der Waals surface area contributed by atoms with Crippen molar-refractivity contribution in [2.75, 3.05) is 45.2 Å². The van der Waals surface area contributed by atoms with E-state index in [1.165, 1.54) is 4.90 Å². The van der Waals surface area contributed by atoms with Crippen LogP contribution < -0.4 is 4.90 Å². The molecular weight excluding hydrogens is 575 g/mol. The second-order valence-corrected chi connectivity index (χ2v) is 13.3. The van der Waals surface area contributed by atoms with Crippen molar-refractivity contribution in [1.82, 2.24) is 9.80 Å². The first-order chi connectivity index (χ1) is 20.6. The van der Waals surface area contributed by atoms with Crippen molar-refractivity contribution >= 4 is 23.2 Å². The number of ether oxygens (including phenoxy) is 1. The molecule has 3 aliphatic heterocycles. The summed E-state index contributed by atoms with van der Waals surface area (Å²) >= 11 is 6.45. The van der Waals surface area contributed by atoms with Crippen molar-refractivity contribution in [2.45, 2.75) is 69.2 Å². The highest BCUT2D eigenvalue weighted by Crippen LogP contribution is 2.59. The summed E-state index contributed by atoms with van der Waals surface area (Å²) in [6.45, 7) is 3.21. The van der Waals surface area contributed by atoms with Crippen LogP contribution in [0.25, 0.3) is 0 Å². The van der Waals surface area contributed by atoms with E-state index in [9.17, 15) is 18.0 Å². The van der Waals surface area contributed by atoms with Gasteiger partial charge in [-0.3, -0.25) is 4.79 Å². The maximum Gasteiger partial charge on any atom is 0.427 e. The average Bonchev–Trinajstić information content (AvgIpc) is 3.23. The molecule has 2 atom stereocenters. The molecule has 3 heterocycles. The zero-order chi connectivity index (χ0) is 30.4. The average molecular weight is 616 g/mol. The molecular formula is C34H41ClF3N3O2. The Bertz CT molecular complexity index is 1350. The third-order valence-corrected chi connectivity index (χ3v) is 10.4. The fourth-order valence-corrected chi connectivity index (χ4v) is 7.74. The van der Waals surface area contributed by atoms with Gasteiger partial charge in [0, 0.05) is 46.0 Å². The molecule has 1 saturated carbocycles. The van der Waals surface area contributed by atoms with Gasteiger partial charge in [0.25, 0.3) is 5.91 Å². The summed E-state index contributed by atoms with van der Waals surface area (Å²) in [4.78, 5) is 18.2. The fraction of sp³-hybridized carbons (Fsp3) is 0.559. The third kappa shape index (κ3) is 5.66. The molecule has 1 aliphatic carbocycles. The molecule has 1 amide bonds. The molecule has 43 heavy (non-hydrogen) atoms. The molecule has 0 bridgehead atoms. The van der Waals surface area contributed by atoms with Gasteiger partial charge in [-0.2, -0.15) is 13.2 Å². The molecule has 232 valence electrons. The molecule has 2 saturated heterocycles. The number of rotatable bonds is 7. The SMILES string of the molecule is CN(C)C(=O)c1ccc(N2CCC(CCC3CCN(C4=C5CCC5O[C@@]4(c4ccccc4)C(F)(F)F)CC3)CC2)cc1Cl. The van der Waals surface area contributed by atoms with Crippen molar-refractivity contribution < 1.29 is 22.7 Å². The standard InChI is InChI=1S/C34H41ClF3N3O2/c1-39(2)32(42)27-11-10-26(22-29(27)35)40-18-14-23(15-19-40)8-9-24-16-20-41(21-17-24)31-28-12-13-30(28)43-33(31,34(36,37)38)25-6-4-3-5-7-25/h3-7,10-11,22-24,30H,8-9,12-21H2,1-2H3/t30?,33-/m1/s1. The Morgan fingerprint density at radius 3 is 2.05 bits per heavy atom. The minimum atomic E-state index is -4.53. The number of piperidine rings is 2. The highest BCUT2D eigenvalue weighted by Gasteiger charge is 2.67. The van der Waals surface area contributed by atoms with Crippen molar-refractivity contribution in [2.24, 2.45) is 11.8 Å². The number of likely N-dealkylation sites (tertiary alicyclic amines) is 1. The highest BCUT2D eigenvalue weighted by molar-refractivity contribution is 6.34. The number of carbonyl (C=O) groups excluding carboxylic acids is 1. The lowest BCUT2D eigenvalue weighted by Crippen LogP contribution is -2.50. The van der Waals surface area contributed by atoms with E-state index in [2.05, 4.69) is 4.90 Å². The molecule has 2 aromatic rings. The van der Waals surface area contributed by atoms with E-state index in [1.807, 2.05) is 23.1 Å². The quantitative estimate of drug-likeness (QED) is 0.321. The summed E-state index contributed by atoms with van der Waals surface area (Å²) in [5.74, 6) is 1.09. The summed E-state index contributed by atoms with van der Waals surface area (Å²) in [5, 5.41) is 0.481. The third-order valence-electron chi connectivity index (χ3n) is 10.1. The number of anilines is 1. The molecule has 3 fully saturated rings. The maximum atomic E-state index is 14.9. The predicted octanol–water partition coefficient (Wildman–Crippen LogP) is 7.65. The van der Waals surface area contributed by atoms with Crippen LogP contribution in [0.5, 0.6) is 0 Å². The number of alkyl halides is 3. The summed E-state index contributed by atoms with van der Waals surface area (Å²) in [7, 11) is 3.44. The molecule has 0 N–H and O–H groups in total. The van der Waals surface area contributed by atoms with Gasteiger partial charge < -0.3 is 19.4 Å². The summed E-state index contributed by atoms with van der Waals surface area (Å²) in [5.41, 5.74) is 0.632. The van der Waals surface area contributed by atoms with Crippen molar-refractivity contribution in [1.29, 1.82) is 0 Å². The van der Waals surface area contributed by atoms with Gasteiger partial charge in [-0.1, -0.05) is 54.8 Å². The Labute approximate surface area is 257 Å². The Balaban J connectivity index is 1.03. The second kappa shape index (κ2) is 12.0. The number of nitrogens with zero attached hydrogens (tertiary/aromatic N) is 3. The first-order valence-corrected chi connectivity index (χ1v) is 16.0. The summed E-state index contributed by atoms with van der Waals surface area (Å²) in [6.07, 6.45) is 2.72. The lowest BCUT2D eigenvalue weighted by Gasteiger charge is -2.43. The van der Waals surface area contributed by atoms with Gasteiger partial charge in [0.2, 0.25) is 5.60 Å². The number of halogens is 4. The number of benzene rings is 2. The van der Waals surface area contributed by atoms with Gasteiger partial charge in [0.15, 0.2) is 0 Å². The van der Waals surface area contributed by atoms with Gasteiger partial charge in [-0.05, 0) is 79.7 Å². The second-order valence-electron chi connectivity index (χ2n) is 12.9. The van der Waals surface area contributed by atoms with Gasteiger partial charge in [-0.25, -0.2) is 0 Å². The van der Waals surface area contributed by atoms with E-state index in [4.69, 9.17) is 16.3 Å². The van der Waals surface area contributed by atoms with E-state index in [1.54, 1.807) is 44.4 Å². The Morgan fingerprint density at radius 2 is 1.53 bits per heavy atom. The zero-order valence-corrected chi connectivity index (χ0v) is 25.8. The molecule has 9 heteroatoms. The summed E-state index contributed by atoms with van der Waals surface area (Å²) < 4.78 is 50.6. The topological polar surface area (TPSA) is 36.0 Å². The van der Waals surface area contributed by atoms with Crippen LogP contribution in [0.2, 0.25) is 5.02 Å². The predicted molar refractivity (Wildman–Crippen MR) is 163 cm³/mol. The fourth-order valence-electron chi connectivity index (χ4n) is 7.48. The van der Waals surface area contributed by atoms with Gasteiger partial charge in [-0.15, -0.1) is 0 Å². The Kier molecular flexibility index (Phi) is 8.46. The first kappa shape index (κ1) is 30.3. The van der Waals surface area contributed by atoms with Crippen LogP contribution in [0.4, 0.5) is 18.9 Å². The molecule has 4 aliphatic rings. The van der Waals surface area contributed by atoms with Crippen molar-refractivity contribution in [3.05, 3.63) is 76.0 Å². The molecule has 1 unspecified atom stereocenters. The number of hydrogen-bond acceptors (Lipinski definition) is 4. The van der Waals surface area contributed by atoms with Crippen LogP contribution in [0.15, 0.2) is 59.8 Å². The van der Waals surface area contributed by atoms with Gasteiger partial charge in [0.05, 0.1) is 22.4 Å². The van der Waals surface area contributed by atoms with E-state index in [0.717, 1.165) is 62.9 Å². The molecule has 5 nitrogen and oxygen atoms in total. The van der Waals surface area contributed by atoms with Gasteiger partial charge in [0.1, 0.15) is 0 Å². The largest absolute Gasteiger partial charge is 0.427 e. The highest BCUT2D eigenvalue weighted by atomic mass is 35.5. The van der Waals surface area contributed by atoms with Crippen molar-refractivity contribution in [3.8, 4) is 0 Å². The van der Waals surface area contributed by atoms with Crippen LogP contribution in [0.3, 0.4) is 0 Å². The number of hydrogen-bond donors (Lipinski definition) is 0. The van der Waals surface area contributed by atoms with Crippen LogP contribution in [-0.4, -0.2) is 68.3 Å². The normalized spacial score (nSPS) is 25.1. The smallest absolute Gasteiger partial charge is 0.372 e. The van der Waals surface area contributed by atoms with Crippen LogP contribution in [-0.2, 0) is 10.3 Å². The zero-order valence-electron chi connectivity index (χ0n) is 25.0. The number of carbonyl (C=O) groups is 1. The Morgan fingerprint density at radius 1 is 0.930 bits per heavy atom. The van der Waals surface area contributed by atoms with E-state index < -0.39 is 17.9 Å². The van der Waals surface area contributed by atoms with E-state index in [0.29, 0.717) is 54.1 Å². The Hall–Kier alpha value is -2.71. The van der Waals surface area contributed by atoms with Crippen LogP contribution in [0.1, 0.15) is 67.3 Å². The van der Waals surface area contributed by atoms with Gasteiger partial charge >= 0.3 is 6.18 Å². The van der Waals surface area contributed by atoms with E-state index >= 15 is 0 Å². The molecule has 0 radical (unpaired) electrons. The number of fused-ring (bicyclic) bond motifs is 1. The monoisotopic (exact) mass is 615 g/mol. The molecule has 0 spiro atoms. The van der Waals surface area contributed by atoms with E-state index in [-0.39, 0.29) is 11.5 Å². The van der Waals surface area contributed by atoms with Crippen molar-refractivity contribution in [3.63, 3.8) is 0 Å². The molecule has 0 aromatic heterocycles.